The zero-order valence-electron chi connectivity index (χ0n) is 18.9. The molecule has 2 aliphatic heterocycles. The van der Waals surface area contributed by atoms with Crippen LogP contribution in [0.2, 0.25) is 5.02 Å². The maximum absolute atomic E-state index is 14.2. The number of aryl methyl sites for hydroxylation is 1. The van der Waals surface area contributed by atoms with Gasteiger partial charge in [-0.3, -0.25) is 4.98 Å². The van der Waals surface area contributed by atoms with E-state index >= 15 is 0 Å². The van der Waals surface area contributed by atoms with E-state index in [9.17, 15) is 17.6 Å². The highest BCUT2D eigenvalue weighted by molar-refractivity contribution is 6.33. The number of pyridine rings is 2. The summed E-state index contributed by atoms with van der Waals surface area (Å²) in [5, 5.41) is 2.79. The third-order valence-electron chi connectivity index (χ3n) is 6.78. The molecule has 1 aromatic carbocycles. The maximum atomic E-state index is 14.2. The fourth-order valence-corrected chi connectivity index (χ4v) is 5.04. The van der Waals surface area contributed by atoms with E-state index in [1.807, 2.05) is 17.0 Å². The smallest absolute Gasteiger partial charge is 0.417 e. The van der Waals surface area contributed by atoms with E-state index in [1.54, 1.807) is 19.3 Å². The van der Waals surface area contributed by atoms with Crippen LogP contribution in [0.3, 0.4) is 0 Å². The average Bonchev–Trinajstić information content (AvgIpc) is 2.84. The number of ether oxygens (including phenoxy) is 1. The minimum absolute atomic E-state index is 0.0124. The predicted molar refractivity (Wildman–Crippen MR) is 127 cm³/mol. The lowest BCUT2D eigenvalue weighted by Gasteiger charge is -2.45. The van der Waals surface area contributed by atoms with Crippen LogP contribution in [0.25, 0.3) is 11.3 Å². The van der Waals surface area contributed by atoms with Gasteiger partial charge in [0.1, 0.15) is 23.0 Å². The van der Waals surface area contributed by atoms with Crippen molar-refractivity contribution in [3.8, 4) is 17.0 Å². The van der Waals surface area contributed by atoms with Crippen LogP contribution in [0.1, 0.15) is 30.4 Å². The van der Waals surface area contributed by atoms with Crippen molar-refractivity contribution in [2.24, 2.45) is 0 Å². The third kappa shape index (κ3) is 4.61. The van der Waals surface area contributed by atoms with Gasteiger partial charge in [0, 0.05) is 44.7 Å². The number of benzene rings is 1. The number of hydrogen-bond donors (Lipinski definition) is 1. The van der Waals surface area contributed by atoms with E-state index in [0.29, 0.717) is 54.4 Å². The van der Waals surface area contributed by atoms with Gasteiger partial charge in [0.05, 0.1) is 28.2 Å². The van der Waals surface area contributed by atoms with Crippen molar-refractivity contribution in [1.82, 2.24) is 9.97 Å². The fraction of sp³-hybridized carbons (Fsp3) is 0.360. The number of fused-ring (bicyclic) bond motifs is 1. The van der Waals surface area contributed by atoms with Gasteiger partial charge < -0.3 is 15.0 Å². The standard InChI is InChI=1S/C25H23ClF4N4O/c1-31-20-3-2-15(10-19(20)27)21-11-16-4-5-24(35-22(16)14-32-21)6-8-34(9-7-24)23-18(26)12-17(13-33-23)25(28,29)30/h2-3,10-14,31H,4-9H2,1H3. The molecule has 0 unspecified atom stereocenters. The van der Waals surface area contributed by atoms with E-state index in [1.165, 1.54) is 6.07 Å². The molecule has 5 nitrogen and oxygen atoms in total. The van der Waals surface area contributed by atoms with Gasteiger partial charge in [-0.15, -0.1) is 0 Å². The molecular formula is C25H23ClF4N4O. The summed E-state index contributed by atoms with van der Waals surface area (Å²) < 4.78 is 59.4. The summed E-state index contributed by atoms with van der Waals surface area (Å²) >= 11 is 6.13. The number of halogens is 5. The minimum Gasteiger partial charge on any atom is -0.485 e. The van der Waals surface area contributed by atoms with Crippen molar-refractivity contribution < 1.29 is 22.3 Å². The average molecular weight is 507 g/mol. The Labute approximate surface area is 205 Å². The van der Waals surface area contributed by atoms with Crippen LogP contribution in [0.5, 0.6) is 5.75 Å². The van der Waals surface area contributed by atoms with Gasteiger partial charge in [-0.25, -0.2) is 9.37 Å². The molecule has 2 aromatic heterocycles. The van der Waals surface area contributed by atoms with E-state index in [4.69, 9.17) is 16.3 Å². The number of anilines is 2. The highest BCUT2D eigenvalue weighted by Gasteiger charge is 2.40. The van der Waals surface area contributed by atoms with Crippen LogP contribution in [-0.4, -0.2) is 35.7 Å². The monoisotopic (exact) mass is 506 g/mol. The molecule has 0 amide bonds. The summed E-state index contributed by atoms with van der Waals surface area (Å²) in [5.74, 6) is 0.731. The number of alkyl halides is 3. The number of rotatable bonds is 3. The Morgan fingerprint density at radius 2 is 1.83 bits per heavy atom. The Kier molecular flexibility index (Phi) is 5.99. The molecule has 3 aromatic rings. The number of nitrogens with zero attached hydrogens (tertiary/aromatic N) is 3. The van der Waals surface area contributed by atoms with Crippen LogP contribution >= 0.6 is 11.6 Å². The number of piperidine rings is 1. The molecular weight excluding hydrogens is 484 g/mol. The molecule has 35 heavy (non-hydrogen) atoms. The van der Waals surface area contributed by atoms with E-state index in [-0.39, 0.29) is 16.4 Å². The summed E-state index contributed by atoms with van der Waals surface area (Å²) in [5.41, 5.74) is 1.59. The second kappa shape index (κ2) is 8.86. The second-order valence-electron chi connectivity index (χ2n) is 8.92. The largest absolute Gasteiger partial charge is 0.485 e. The molecule has 0 atom stereocenters. The van der Waals surface area contributed by atoms with Crippen molar-refractivity contribution in [2.75, 3.05) is 30.4 Å². The Morgan fingerprint density at radius 3 is 2.49 bits per heavy atom. The number of aromatic nitrogens is 2. The molecule has 4 heterocycles. The SMILES string of the molecule is CNc1ccc(-c2cc3c(cn2)OC2(CC3)CCN(c3ncc(C(F)(F)F)cc3Cl)CC2)cc1F. The molecule has 0 radical (unpaired) electrons. The van der Waals surface area contributed by atoms with Gasteiger partial charge in [-0.2, -0.15) is 13.2 Å². The van der Waals surface area contributed by atoms with Gasteiger partial charge >= 0.3 is 6.18 Å². The van der Waals surface area contributed by atoms with Crippen molar-refractivity contribution in [2.45, 2.75) is 37.5 Å². The topological polar surface area (TPSA) is 50.3 Å². The summed E-state index contributed by atoms with van der Waals surface area (Å²) in [6.45, 7) is 1.13. The number of hydrogen-bond acceptors (Lipinski definition) is 5. The Balaban J connectivity index is 1.28. The van der Waals surface area contributed by atoms with E-state index in [2.05, 4.69) is 15.3 Å². The Hall–Kier alpha value is -3.07. The lowest BCUT2D eigenvalue weighted by atomic mass is 9.83. The quantitative estimate of drug-likeness (QED) is 0.419. The van der Waals surface area contributed by atoms with E-state index < -0.39 is 11.7 Å². The van der Waals surface area contributed by atoms with Crippen LogP contribution in [0, 0.1) is 5.82 Å². The highest BCUT2D eigenvalue weighted by atomic mass is 35.5. The Morgan fingerprint density at radius 1 is 1.06 bits per heavy atom. The summed E-state index contributed by atoms with van der Waals surface area (Å²) in [6, 6.07) is 7.83. The van der Waals surface area contributed by atoms with Gasteiger partial charge in [-0.05, 0) is 42.7 Å². The molecule has 0 saturated carbocycles. The maximum Gasteiger partial charge on any atom is 0.417 e. The van der Waals surface area contributed by atoms with Crippen molar-refractivity contribution >= 4 is 23.1 Å². The summed E-state index contributed by atoms with van der Waals surface area (Å²) in [7, 11) is 1.67. The molecule has 1 N–H and O–H groups in total. The van der Waals surface area contributed by atoms with Gasteiger partial charge in [0.2, 0.25) is 0 Å². The molecule has 0 bridgehead atoms. The lowest BCUT2D eigenvalue weighted by Crippen LogP contribution is -2.50. The normalized spacial score (nSPS) is 17.1. The number of nitrogens with one attached hydrogen (secondary N) is 1. The van der Waals surface area contributed by atoms with Crippen LogP contribution in [0.4, 0.5) is 29.1 Å². The zero-order chi connectivity index (χ0) is 24.8. The molecule has 5 rings (SSSR count). The molecule has 0 aliphatic carbocycles. The first-order valence-electron chi connectivity index (χ1n) is 11.3. The molecule has 1 fully saturated rings. The fourth-order valence-electron chi connectivity index (χ4n) is 4.75. The van der Waals surface area contributed by atoms with Crippen LogP contribution in [-0.2, 0) is 12.6 Å². The first kappa shape index (κ1) is 23.7. The van der Waals surface area contributed by atoms with Crippen molar-refractivity contribution in [3.63, 3.8) is 0 Å². The first-order chi connectivity index (χ1) is 16.7. The van der Waals surface area contributed by atoms with Crippen LogP contribution < -0.4 is 15.0 Å². The third-order valence-corrected chi connectivity index (χ3v) is 7.06. The second-order valence-corrected chi connectivity index (χ2v) is 9.33. The molecule has 184 valence electrons. The summed E-state index contributed by atoms with van der Waals surface area (Å²) in [4.78, 5) is 10.4. The molecule has 10 heteroatoms. The predicted octanol–water partition coefficient (Wildman–Crippen LogP) is 6.36. The van der Waals surface area contributed by atoms with Crippen molar-refractivity contribution in [3.05, 3.63) is 64.7 Å². The molecule has 1 spiro atoms. The molecule has 2 aliphatic rings. The minimum atomic E-state index is -4.48. The summed E-state index contributed by atoms with van der Waals surface area (Å²) in [6.07, 6.45) is 0.993. The Bertz CT molecular complexity index is 1260. The van der Waals surface area contributed by atoms with E-state index in [0.717, 1.165) is 30.7 Å². The lowest BCUT2D eigenvalue weighted by molar-refractivity contribution is -0.137. The van der Waals surface area contributed by atoms with Gasteiger partial charge in [-0.1, -0.05) is 17.7 Å². The highest BCUT2D eigenvalue weighted by Crippen LogP contribution is 2.42. The van der Waals surface area contributed by atoms with Gasteiger partial charge in [0.15, 0.2) is 0 Å². The first-order valence-corrected chi connectivity index (χ1v) is 11.7. The van der Waals surface area contributed by atoms with Crippen LogP contribution in [0.15, 0.2) is 42.7 Å². The molecule has 1 saturated heterocycles. The van der Waals surface area contributed by atoms with Gasteiger partial charge in [0.25, 0.3) is 0 Å². The van der Waals surface area contributed by atoms with Crippen molar-refractivity contribution in [1.29, 1.82) is 0 Å². The zero-order valence-corrected chi connectivity index (χ0v) is 19.7.